The number of nitrogens with zero attached hydrogens (tertiary/aromatic N) is 1. The summed E-state index contributed by atoms with van der Waals surface area (Å²) in [4.78, 5) is 2.52. The van der Waals surface area contributed by atoms with Crippen molar-refractivity contribution < 1.29 is 0 Å². The summed E-state index contributed by atoms with van der Waals surface area (Å²) in [6.07, 6.45) is 0. The molecule has 1 aliphatic heterocycles. The molecule has 0 amide bonds. The zero-order chi connectivity index (χ0) is 12.5. The lowest BCUT2D eigenvalue weighted by molar-refractivity contribution is 0.117. The molecule has 1 saturated heterocycles. The van der Waals surface area contributed by atoms with Crippen molar-refractivity contribution >= 4 is 11.6 Å². The van der Waals surface area contributed by atoms with E-state index in [4.69, 9.17) is 11.6 Å². The Balaban J connectivity index is 2.12. The smallest absolute Gasteiger partial charge is 0.0409 e. The van der Waals surface area contributed by atoms with E-state index in [9.17, 15) is 0 Å². The first-order chi connectivity index (χ1) is 7.98. The van der Waals surface area contributed by atoms with Crippen LogP contribution < -0.4 is 5.32 Å². The molecule has 1 heterocycles. The highest BCUT2D eigenvalue weighted by Gasteiger charge is 2.28. The fourth-order valence-corrected chi connectivity index (χ4v) is 2.69. The Morgan fingerprint density at radius 2 is 2.18 bits per heavy atom. The van der Waals surface area contributed by atoms with E-state index in [1.165, 1.54) is 5.56 Å². The van der Waals surface area contributed by atoms with E-state index in [1.54, 1.807) is 0 Å². The summed E-state index contributed by atoms with van der Waals surface area (Å²) in [5.41, 5.74) is 1.50. The molecule has 1 aromatic carbocycles. The molecule has 0 radical (unpaired) electrons. The van der Waals surface area contributed by atoms with E-state index in [0.717, 1.165) is 24.7 Å². The van der Waals surface area contributed by atoms with E-state index < -0.39 is 0 Å². The molecule has 2 rings (SSSR count). The number of hydrogen-bond donors (Lipinski definition) is 1. The molecule has 0 aliphatic carbocycles. The van der Waals surface area contributed by atoms with Crippen molar-refractivity contribution in [1.82, 2.24) is 10.2 Å². The number of nitrogens with one attached hydrogen (secondary N) is 1. The first-order valence-corrected chi connectivity index (χ1v) is 6.60. The van der Waals surface area contributed by atoms with Gasteiger partial charge in [0.1, 0.15) is 0 Å². The second-order valence-corrected chi connectivity index (χ2v) is 5.95. The van der Waals surface area contributed by atoms with Crippen LogP contribution in [-0.2, 0) is 0 Å². The van der Waals surface area contributed by atoms with Gasteiger partial charge in [-0.1, -0.05) is 23.7 Å². The van der Waals surface area contributed by atoms with Crippen molar-refractivity contribution in [3.63, 3.8) is 0 Å². The van der Waals surface area contributed by atoms with Crippen molar-refractivity contribution in [2.24, 2.45) is 0 Å². The van der Waals surface area contributed by atoms with Crippen LogP contribution in [0.3, 0.4) is 0 Å². The van der Waals surface area contributed by atoms with Gasteiger partial charge >= 0.3 is 0 Å². The summed E-state index contributed by atoms with van der Waals surface area (Å²) in [7, 11) is 0. The highest BCUT2D eigenvalue weighted by molar-refractivity contribution is 6.30. The summed E-state index contributed by atoms with van der Waals surface area (Å²) in [6.45, 7) is 9.98. The molecule has 1 N–H and O–H groups in total. The van der Waals surface area contributed by atoms with Gasteiger partial charge in [-0.3, -0.25) is 4.90 Å². The Labute approximate surface area is 109 Å². The molecular weight excluding hydrogens is 232 g/mol. The average Bonchev–Trinajstić information content (AvgIpc) is 2.26. The first-order valence-electron chi connectivity index (χ1n) is 6.22. The zero-order valence-electron chi connectivity index (χ0n) is 10.8. The maximum atomic E-state index is 6.05. The third-order valence-corrected chi connectivity index (χ3v) is 3.71. The third kappa shape index (κ3) is 3.21. The Morgan fingerprint density at radius 3 is 2.82 bits per heavy atom. The largest absolute Gasteiger partial charge is 0.309 e. The van der Waals surface area contributed by atoms with Crippen LogP contribution in [0.2, 0.25) is 5.02 Å². The van der Waals surface area contributed by atoms with Crippen molar-refractivity contribution in [3.05, 3.63) is 34.9 Å². The molecule has 17 heavy (non-hydrogen) atoms. The molecule has 1 atom stereocenters. The Hall–Kier alpha value is -0.570. The Morgan fingerprint density at radius 1 is 1.41 bits per heavy atom. The summed E-state index contributed by atoms with van der Waals surface area (Å²) in [5, 5.41) is 4.36. The maximum Gasteiger partial charge on any atom is 0.0409 e. The molecule has 0 saturated carbocycles. The fraction of sp³-hybridized carbons (Fsp3) is 0.571. The van der Waals surface area contributed by atoms with E-state index in [1.807, 2.05) is 12.1 Å². The zero-order valence-corrected chi connectivity index (χ0v) is 11.6. The fourth-order valence-electron chi connectivity index (χ4n) is 2.49. The lowest BCUT2D eigenvalue weighted by atomic mass is 9.98. The Kier molecular flexibility index (Phi) is 3.76. The number of rotatable bonds is 2. The molecule has 0 bridgehead atoms. The molecule has 1 unspecified atom stereocenters. The standard InChI is InChI=1S/C14H21ClN2/c1-11(12-5-4-6-13(15)9-12)17-8-7-16-14(2,3)10-17/h4-6,9,11,16H,7-8,10H2,1-3H3. The van der Waals surface area contributed by atoms with Gasteiger partial charge in [-0.15, -0.1) is 0 Å². The van der Waals surface area contributed by atoms with Gasteiger partial charge in [-0.05, 0) is 38.5 Å². The first kappa shape index (κ1) is 12.9. The molecule has 0 aromatic heterocycles. The van der Waals surface area contributed by atoms with Gasteiger partial charge < -0.3 is 5.32 Å². The second-order valence-electron chi connectivity index (χ2n) is 5.51. The van der Waals surface area contributed by atoms with E-state index >= 15 is 0 Å². The van der Waals surface area contributed by atoms with Crippen molar-refractivity contribution in [2.75, 3.05) is 19.6 Å². The van der Waals surface area contributed by atoms with Crippen LogP contribution in [0.5, 0.6) is 0 Å². The van der Waals surface area contributed by atoms with Gasteiger partial charge in [0.05, 0.1) is 0 Å². The Bertz CT molecular complexity index is 390. The maximum absolute atomic E-state index is 6.05. The van der Waals surface area contributed by atoms with Crippen LogP contribution in [0.25, 0.3) is 0 Å². The van der Waals surface area contributed by atoms with Gasteiger partial charge in [0.25, 0.3) is 0 Å². The van der Waals surface area contributed by atoms with Crippen LogP contribution in [0.15, 0.2) is 24.3 Å². The minimum Gasteiger partial charge on any atom is -0.309 e. The van der Waals surface area contributed by atoms with Gasteiger partial charge in [-0.25, -0.2) is 0 Å². The SMILES string of the molecule is CC(c1cccc(Cl)c1)N1CCNC(C)(C)C1. The van der Waals surface area contributed by atoms with Crippen LogP contribution in [0, 0.1) is 0 Å². The number of hydrogen-bond acceptors (Lipinski definition) is 2. The van der Waals surface area contributed by atoms with Crippen molar-refractivity contribution in [2.45, 2.75) is 32.4 Å². The van der Waals surface area contributed by atoms with Gasteiger partial charge in [0.2, 0.25) is 0 Å². The minimum absolute atomic E-state index is 0.199. The summed E-state index contributed by atoms with van der Waals surface area (Å²) in [5.74, 6) is 0. The summed E-state index contributed by atoms with van der Waals surface area (Å²) >= 11 is 6.05. The highest BCUT2D eigenvalue weighted by Crippen LogP contribution is 2.25. The molecule has 1 fully saturated rings. The summed E-state index contributed by atoms with van der Waals surface area (Å²) in [6, 6.07) is 8.61. The molecule has 3 heteroatoms. The normalized spacial score (nSPS) is 22.4. The summed E-state index contributed by atoms with van der Waals surface area (Å²) < 4.78 is 0. The predicted octanol–water partition coefficient (Wildman–Crippen LogP) is 3.08. The monoisotopic (exact) mass is 252 g/mol. The molecule has 1 aromatic rings. The van der Waals surface area contributed by atoms with Crippen molar-refractivity contribution in [3.8, 4) is 0 Å². The van der Waals surface area contributed by atoms with Crippen molar-refractivity contribution in [1.29, 1.82) is 0 Å². The van der Waals surface area contributed by atoms with E-state index in [-0.39, 0.29) is 5.54 Å². The number of halogens is 1. The van der Waals surface area contributed by atoms with E-state index in [2.05, 4.69) is 43.1 Å². The van der Waals surface area contributed by atoms with Crippen LogP contribution >= 0.6 is 11.6 Å². The highest BCUT2D eigenvalue weighted by atomic mass is 35.5. The lowest BCUT2D eigenvalue weighted by Crippen LogP contribution is -2.57. The molecule has 94 valence electrons. The van der Waals surface area contributed by atoms with Gasteiger partial charge in [0.15, 0.2) is 0 Å². The molecule has 1 aliphatic rings. The molecule has 2 nitrogen and oxygen atoms in total. The van der Waals surface area contributed by atoms with Crippen LogP contribution in [0.4, 0.5) is 0 Å². The quantitative estimate of drug-likeness (QED) is 0.870. The average molecular weight is 253 g/mol. The van der Waals surface area contributed by atoms with Gasteiger partial charge in [0, 0.05) is 36.2 Å². The van der Waals surface area contributed by atoms with Crippen LogP contribution in [-0.4, -0.2) is 30.1 Å². The molecular formula is C14H21ClN2. The lowest BCUT2D eigenvalue weighted by Gasteiger charge is -2.42. The van der Waals surface area contributed by atoms with Gasteiger partial charge in [-0.2, -0.15) is 0 Å². The van der Waals surface area contributed by atoms with Crippen LogP contribution in [0.1, 0.15) is 32.4 Å². The second kappa shape index (κ2) is 4.97. The minimum atomic E-state index is 0.199. The molecule has 0 spiro atoms. The third-order valence-electron chi connectivity index (χ3n) is 3.48. The van der Waals surface area contributed by atoms with E-state index in [0.29, 0.717) is 6.04 Å². The predicted molar refractivity (Wildman–Crippen MR) is 73.5 cm³/mol. The number of benzene rings is 1. The topological polar surface area (TPSA) is 15.3 Å². The number of piperazine rings is 1.